The number of hydrogen-bond donors (Lipinski definition) is 1. The van der Waals surface area contributed by atoms with Crippen LogP contribution in [0.25, 0.3) is 0 Å². The van der Waals surface area contributed by atoms with Gasteiger partial charge in [-0.25, -0.2) is 0 Å². The van der Waals surface area contributed by atoms with Gasteiger partial charge in [0.1, 0.15) is 0 Å². The zero-order valence-electron chi connectivity index (χ0n) is 21.6. The number of rotatable bonds is 9. The lowest BCUT2D eigenvalue weighted by atomic mass is 9.71. The second-order valence-electron chi connectivity index (χ2n) is 11.3. The Labute approximate surface area is 193 Å². The van der Waals surface area contributed by atoms with E-state index in [-0.39, 0.29) is 6.04 Å². The molecule has 0 saturated heterocycles. The fourth-order valence-corrected chi connectivity index (χ4v) is 5.68. The van der Waals surface area contributed by atoms with Gasteiger partial charge in [0.2, 0.25) is 0 Å². The van der Waals surface area contributed by atoms with Crippen molar-refractivity contribution in [3.8, 4) is 0 Å². The molecule has 0 bridgehead atoms. The summed E-state index contributed by atoms with van der Waals surface area (Å²) in [4.78, 5) is 0. The minimum Gasteiger partial charge on any atom is -0.327 e. The van der Waals surface area contributed by atoms with E-state index in [0.717, 1.165) is 24.8 Å². The summed E-state index contributed by atoms with van der Waals surface area (Å²) in [6.07, 6.45) is 19.3. The van der Waals surface area contributed by atoms with Crippen LogP contribution in [0.5, 0.6) is 0 Å². The molecular formula is C30H49N. The molecule has 0 radical (unpaired) electrons. The molecule has 174 valence electrons. The van der Waals surface area contributed by atoms with Crippen LogP contribution in [0, 0.1) is 23.2 Å². The lowest BCUT2D eigenvalue weighted by molar-refractivity contribution is 0.354. The molecule has 2 aliphatic carbocycles. The first-order valence-corrected chi connectivity index (χ1v) is 12.7. The maximum absolute atomic E-state index is 6.63. The van der Waals surface area contributed by atoms with Gasteiger partial charge in [0.15, 0.2) is 0 Å². The Bertz CT molecular complexity index is 740. The zero-order chi connectivity index (χ0) is 23.2. The molecule has 0 saturated carbocycles. The van der Waals surface area contributed by atoms with Crippen LogP contribution in [0.1, 0.15) is 99.8 Å². The summed E-state index contributed by atoms with van der Waals surface area (Å²) in [5, 5.41) is 0. The first-order valence-electron chi connectivity index (χ1n) is 12.7. The molecule has 0 aliphatic heterocycles. The van der Waals surface area contributed by atoms with E-state index in [0.29, 0.717) is 23.2 Å². The molecule has 0 aromatic heterocycles. The van der Waals surface area contributed by atoms with Crippen LogP contribution >= 0.6 is 0 Å². The van der Waals surface area contributed by atoms with Crippen molar-refractivity contribution >= 4 is 0 Å². The summed E-state index contributed by atoms with van der Waals surface area (Å²) in [6.45, 7) is 20.3. The monoisotopic (exact) mass is 423 g/mol. The van der Waals surface area contributed by atoms with Crippen LogP contribution in [0.4, 0.5) is 0 Å². The first kappa shape index (κ1) is 25.9. The third kappa shape index (κ3) is 7.63. The van der Waals surface area contributed by atoms with Crippen molar-refractivity contribution in [1.29, 1.82) is 0 Å². The van der Waals surface area contributed by atoms with E-state index in [1.807, 2.05) is 0 Å². The van der Waals surface area contributed by atoms with E-state index >= 15 is 0 Å². The van der Waals surface area contributed by atoms with Crippen molar-refractivity contribution in [3.63, 3.8) is 0 Å². The smallest absolute Gasteiger partial charge is 0.0111 e. The average molecular weight is 424 g/mol. The van der Waals surface area contributed by atoms with Gasteiger partial charge in [-0.1, -0.05) is 86.4 Å². The highest BCUT2D eigenvalue weighted by Crippen LogP contribution is 2.42. The van der Waals surface area contributed by atoms with Crippen LogP contribution in [-0.2, 0) is 0 Å². The standard InChI is InChI=1S/C30H49N/c1-21(2)19-27(22(3)4)26-16-15-25(29(31)20-26)13-9-11-23(5)14-17-28-24(6)12-10-18-30(28,7)8/h11,15-16,19,22,25-26,29H,1,9-10,12-14,17-18,20,31H2,2-8H3/b23-11+,27-19+. The number of hydrogen-bond acceptors (Lipinski definition) is 1. The molecule has 0 spiro atoms. The van der Waals surface area contributed by atoms with Crippen LogP contribution in [0.15, 0.2) is 58.7 Å². The van der Waals surface area contributed by atoms with Crippen molar-refractivity contribution in [2.75, 3.05) is 0 Å². The highest BCUT2D eigenvalue weighted by atomic mass is 14.7. The molecule has 0 heterocycles. The van der Waals surface area contributed by atoms with Crippen LogP contribution < -0.4 is 5.73 Å². The molecule has 31 heavy (non-hydrogen) atoms. The lowest BCUT2D eigenvalue weighted by Gasteiger charge is -2.35. The fourth-order valence-electron chi connectivity index (χ4n) is 5.68. The van der Waals surface area contributed by atoms with E-state index in [9.17, 15) is 0 Å². The third-order valence-corrected chi connectivity index (χ3v) is 7.62. The molecule has 2 rings (SSSR count). The van der Waals surface area contributed by atoms with Crippen molar-refractivity contribution in [1.82, 2.24) is 0 Å². The summed E-state index contributed by atoms with van der Waals surface area (Å²) < 4.78 is 0. The predicted molar refractivity (Wildman–Crippen MR) is 139 cm³/mol. The van der Waals surface area contributed by atoms with Gasteiger partial charge in [-0.15, -0.1) is 0 Å². The van der Waals surface area contributed by atoms with Gasteiger partial charge >= 0.3 is 0 Å². The van der Waals surface area contributed by atoms with Gasteiger partial charge in [-0.05, 0) is 95.3 Å². The fraction of sp³-hybridized carbons (Fsp3) is 0.667. The van der Waals surface area contributed by atoms with E-state index in [1.165, 1.54) is 37.7 Å². The van der Waals surface area contributed by atoms with Gasteiger partial charge in [-0.3, -0.25) is 0 Å². The van der Waals surface area contributed by atoms with Gasteiger partial charge in [0, 0.05) is 6.04 Å². The molecule has 0 amide bonds. The van der Waals surface area contributed by atoms with Crippen molar-refractivity contribution in [2.45, 2.75) is 106 Å². The van der Waals surface area contributed by atoms with Gasteiger partial charge < -0.3 is 5.73 Å². The summed E-state index contributed by atoms with van der Waals surface area (Å²) in [5.41, 5.74) is 14.5. The number of nitrogens with two attached hydrogens (primary N) is 1. The van der Waals surface area contributed by atoms with Crippen molar-refractivity contribution < 1.29 is 0 Å². The zero-order valence-corrected chi connectivity index (χ0v) is 21.6. The molecule has 0 aromatic carbocycles. The molecule has 2 N–H and O–H groups in total. The highest BCUT2D eigenvalue weighted by molar-refractivity contribution is 5.27. The largest absolute Gasteiger partial charge is 0.327 e. The van der Waals surface area contributed by atoms with Crippen molar-refractivity contribution in [3.05, 3.63) is 58.7 Å². The second-order valence-corrected chi connectivity index (χ2v) is 11.3. The third-order valence-electron chi connectivity index (χ3n) is 7.62. The molecular weight excluding hydrogens is 374 g/mol. The van der Waals surface area contributed by atoms with Gasteiger partial charge in [-0.2, -0.15) is 0 Å². The van der Waals surface area contributed by atoms with E-state index in [2.05, 4.69) is 79.3 Å². The Morgan fingerprint density at radius 3 is 2.55 bits per heavy atom. The van der Waals surface area contributed by atoms with Gasteiger partial charge in [0.25, 0.3) is 0 Å². The van der Waals surface area contributed by atoms with E-state index in [4.69, 9.17) is 5.73 Å². The maximum Gasteiger partial charge on any atom is 0.0111 e. The minimum atomic E-state index is 0.256. The SMILES string of the molecule is C=C(C)/C=C(\C(C)C)C1C=CC(CC/C=C(\C)CCC2=C(C)CCCC2(C)C)C(N)C1. The van der Waals surface area contributed by atoms with Crippen LogP contribution in [-0.4, -0.2) is 6.04 Å². The quantitative estimate of drug-likeness (QED) is 0.291. The van der Waals surface area contributed by atoms with Crippen molar-refractivity contribution in [2.24, 2.45) is 28.9 Å². The molecule has 3 atom stereocenters. The number of allylic oxidation sites excluding steroid dienone is 8. The normalized spacial score (nSPS) is 27.2. The Morgan fingerprint density at radius 1 is 1.26 bits per heavy atom. The molecule has 0 fully saturated rings. The summed E-state index contributed by atoms with van der Waals surface area (Å²) >= 11 is 0. The molecule has 3 unspecified atom stereocenters. The minimum absolute atomic E-state index is 0.256. The summed E-state index contributed by atoms with van der Waals surface area (Å²) in [7, 11) is 0. The van der Waals surface area contributed by atoms with E-state index in [1.54, 1.807) is 16.7 Å². The molecule has 2 aliphatic rings. The van der Waals surface area contributed by atoms with Gasteiger partial charge in [0.05, 0.1) is 0 Å². The predicted octanol–water partition coefficient (Wildman–Crippen LogP) is 8.70. The molecule has 0 aromatic rings. The molecule has 1 nitrogen and oxygen atoms in total. The lowest BCUT2D eigenvalue weighted by Crippen LogP contribution is -2.34. The second kappa shape index (κ2) is 11.5. The molecule has 1 heteroatoms. The van der Waals surface area contributed by atoms with Crippen LogP contribution in [0.2, 0.25) is 0 Å². The Kier molecular flexibility index (Phi) is 9.62. The highest BCUT2D eigenvalue weighted by Gasteiger charge is 2.28. The Hall–Kier alpha value is -1.34. The Morgan fingerprint density at radius 2 is 1.97 bits per heavy atom. The van der Waals surface area contributed by atoms with E-state index < -0.39 is 0 Å². The summed E-state index contributed by atoms with van der Waals surface area (Å²) in [5.74, 6) is 1.50. The van der Waals surface area contributed by atoms with Crippen LogP contribution in [0.3, 0.4) is 0 Å². The average Bonchev–Trinajstić information content (AvgIpc) is 2.66. The summed E-state index contributed by atoms with van der Waals surface area (Å²) in [6, 6.07) is 0.256. The maximum atomic E-state index is 6.63. The topological polar surface area (TPSA) is 26.0 Å². The Balaban J connectivity index is 1.89. The first-order chi connectivity index (χ1) is 14.5.